The van der Waals surface area contributed by atoms with Crippen molar-refractivity contribution in [2.24, 2.45) is 0 Å². The SMILES string of the molecule is CS(=O)(=O)N1Cc2ccccc2C[C@@H]1C(=O)Nc1ccc2c(c1)OC1(CCCC1)O2. The molecular formula is C22H24N2O5S. The number of ether oxygens (including phenoxy) is 2. The molecule has 1 fully saturated rings. The summed E-state index contributed by atoms with van der Waals surface area (Å²) in [4.78, 5) is 13.1. The third-order valence-corrected chi connectivity index (χ3v) is 7.34. The van der Waals surface area contributed by atoms with Gasteiger partial charge < -0.3 is 14.8 Å². The molecule has 0 saturated heterocycles. The van der Waals surface area contributed by atoms with Gasteiger partial charge in [0.1, 0.15) is 6.04 Å². The Kier molecular flexibility index (Phi) is 4.52. The number of rotatable bonds is 3. The Labute approximate surface area is 176 Å². The van der Waals surface area contributed by atoms with Crippen LogP contribution < -0.4 is 14.8 Å². The van der Waals surface area contributed by atoms with Crippen molar-refractivity contribution in [3.05, 3.63) is 53.6 Å². The number of nitrogens with one attached hydrogen (secondary N) is 1. The van der Waals surface area contributed by atoms with Crippen LogP contribution in [0.2, 0.25) is 0 Å². The van der Waals surface area contributed by atoms with Gasteiger partial charge in [0.15, 0.2) is 11.5 Å². The van der Waals surface area contributed by atoms with E-state index in [1.807, 2.05) is 24.3 Å². The standard InChI is InChI=1S/C22H24N2O5S/c1-30(26,27)24-14-16-7-3-2-6-15(16)12-18(24)21(25)23-17-8-9-19-20(13-17)29-22(28-19)10-4-5-11-22/h2-3,6-9,13,18H,4-5,10-12,14H2,1H3,(H,23,25)/t18-/m1/s1. The highest BCUT2D eigenvalue weighted by atomic mass is 32.2. The lowest BCUT2D eigenvalue weighted by Gasteiger charge is -2.34. The van der Waals surface area contributed by atoms with Gasteiger partial charge in [0.2, 0.25) is 15.9 Å². The number of amides is 1. The average Bonchev–Trinajstić information content (AvgIpc) is 3.31. The maximum atomic E-state index is 13.1. The summed E-state index contributed by atoms with van der Waals surface area (Å²) in [6.45, 7) is 0.191. The van der Waals surface area contributed by atoms with E-state index in [9.17, 15) is 13.2 Å². The van der Waals surface area contributed by atoms with Gasteiger partial charge in [-0.3, -0.25) is 4.79 Å². The molecule has 1 saturated carbocycles. The maximum absolute atomic E-state index is 13.1. The summed E-state index contributed by atoms with van der Waals surface area (Å²) in [6, 6.07) is 12.1. The Bertz CT molecular complexity index is 1110. The van der Waals surface area contributed by atoms with E-state index in [2.05, 4.69) is 5.32 Å². The molecule has 0 radical (unpaired) electrons. The van der Waals surface area contributed by atoms with Crippen molar-refractivity contribution in [1.29, 1.82) is 0 Å². The van der Waals surface area contributed by atoms with Gasteiger partial charge in [-0.1, -0.05) is 24.3 Å². The normalized spacial score (nSPS) is 22.1. The van der Waals surface area contributed by atoms with E-state index in [4.69, 9.17) is 9.47 Å². The molecule has 1 amide bonds. The maximum Gasteiger partial charge on any atom is 0.251 e. The summed E-state index contributed by atoms with van der Waals surface area (Å²) >= 11 is 0. The zero-order chi connectivity index (χ0) is 20.9. The van der Waals surface area contributed by atoms with Gasteiger partial charge in [-0.2, -0.15) is 4.31 Å². The van der Waals surface area contributed by atoms with Gasteiger partial charge in [0, 0.05) is 31.1 Å². The molecule has 8 heteroatoms. The average molecular weight is 429 g/mol. The second-order valence-electron chi connectivity index (χ2n) is 8.27. The van der Waals surface area contributed by atoms with Gasteiger partial charge in [-0.25, -0.2) is 8.42 Å². The van der Waals surface area contributed by atoms with Gasteiger partial charge >= 0.3 is 0 Å². The molecule has 30 heavy (non-hydrogen) atoms. The van der Waals surface area contributed by atoms with Crippen LogP contribution >= 0.6 is 0 Å². The second-order valence-corrected chi connectivity index (χ2v) is 10.2. The van der Waals surface area contributed by atoms with Gasteiger partial charge in [0.05, 0.1) is 6.26 Å². The highest BCUT2D eigenvalue weighted by Gasteiger charge is 2.44. The zero-order valence-corrected chi connectivity index (χ0v) is 17.6. The van der Waals surface area contributed by atoms with Crippen LogP contribution in [-0.4, -0.2) is 36.7 Å². The van der Waals surface area contributed by atoms with E-state index >= 15 is 0 Å². The van der Waals surface area contributed by atoms with Crippen LogP contribution in [0.3, 0.4) is 0 Å². The Morgan fingerprint density at radius 1 is 1.07 bits per heavy atom. The first kappa shape index (κ1) is 19.4. The molecule has 2 aromatic carbocycles. The number of carbonyl (C=O) groups is 1. The summed E-state index contributed by atoms with van der Waals surface area (Å²) in [5, 5.41) is 2.87. The van der Waals surface area contributed by atoms with Gasteiger partial charge in [0.25, 0.3) is 5.79 Å². The van der Waals surface area contributed by atoms with Crippen molar-refractivity contribution in [3.8, 4) is 11.5 Å². The molecule has 158 valence electrons. The van der Waals surface area contributed by atoms with Crippen LogP contribution in [0.15, 0.2) is 42.5 Å². The van der Waals surface area contributed by atoms with Gasteiger partial charge in [-0.05, 0) is 42.5 Å². The summed E-state index contributed by atoms with van der Waals surface area (Å²) in [7, 11) is -3.55. The summed E-state index contributed by atoms with van der Waals surface area (Å²) < 4.78 is 38.1. The molecule has 1 N–H and O–H groups in total. The minimum Gasteiger partial charge on any atom is -0.448 e. The van der Waals surface area contributed by atoms with Crippen molar-refractivity contribution >= 4 is 21.6 Å². The third-order valence-electron chi connectivity index (χ3n) is 6.10. The molecule has 1 aliphatic carbocycles. The number of fused-ring (bicyclic) bond motifs is 2. The lowest BCUT2D eigenvalue weighted by atomic mass is 9.95. The van der Waals surface area contributed by atoms with Crippen LogP contribution in [0.4, 0.5) is 5.69 Å². The van der Waals surface area contributed by atoms with E-state index in [0.717, 1.165) is 43.1 Å². The fourth-order valence-electron chi connectivity index (χ4n) is 4.59. The van der Waals surface area contributed by atoms with Crippen LogP contribution in [0.25, 0.3) is 0 Å². The van der Waals surface area contributed by atoms with Crippen molar-refractivity contribution in [1.82, 2.24) is 4.31 Å². The van der Waals surface area contributed by atoms with E-state index < -0.39 is 21.9 Å². The molecule has 7 nitrogen and oxygen atoms in total. The van der Waals surface area contributed by atoms with E-state index in [-0.39, 0.29) is 12.5 Å². The molecule has 0 aromatic heterocycles. The van der Waals surface area contributed by atoms with Crippen LogP contribution in [0.5, 0.6) is 11.5 Å². The molecule has 2 aliphatic heterocycles. The molecule has 0 unspecified atom stereocenters. The molecule has 0 bridgehead atoms. The first-order valence-corrected chi connectivity index (χ1v) is 12.0. The predicted octanol–water partition coefficient (Wildman–Crippen LogP) is 3.05. The number of anilines is 1. The van der Waals surface area contributed by atoms with Gasteiger partial charge in [-0.15, -0.1) is 0 Å². The van der Waals surface area contributed by atoms with Crippen molar-refractivity contribution < 1.29 is 22.7 Å². The molecule has 2 aromatic rings. The van der Waals surface area contributed by atoms with Crippen molar-refractivity contribution in [2.45, 2.75) is 50.5 Å². The number of carbonyl (C=O) groups excluding carboxylic acids is 1. The highest BCUT2D eigenvalue weighted by Crippen LogP contribution is 2.47. The van der Waals surface area contributed by atoms with E-state index in [1.54, 1.807) is 18.2 Å². The summed E-state index contributed by atoms with van der Waals surface area (Å²) in [5.74, 6) is 0.373. The number of hydrogen-bond donors (Lipinski definition) is 1. The lowest BCUT2D eigenvalue weighted by molar-refractivity contribution is -0.120. The molecule has 2 heterocycles. The van der Waals surface area contributed by atoms with E-state index in [1.165, 1.54) is 4.31 Å². The molecule has 5 rings (SSSR count). The quantitative estimate of drug-likeness (QED) is 0.812. The predicted molar refractivity (Wildman–Crippen MR) is 112 cm³/mol. The monoisotopic (exact) mass is 428 g/mol. The van der Waals surface area contributed by atoms with Crippen molar-refractivity contribution in [3.63, 3.8) is 0 Å². The van der Waals surface area contributed by atoms with E-state index in [0.29, 0.717) is 23.6 Å². The van der Waals surface area contributed by atoms with Crippen LogP contribution in [-0.2, 0) is 27.8 Å². The Balaban J connectivity index is 1.37. The number of sulfonamides is 1. The van der Waals surface area contributed by atoms with Crippen LogP contribution in [0, 0.1) is 0 Å². The first-order chi connectivity index (χ1) is 14.3. The lowest BCUT2D eigenvalue weighted by Crippen LogP contribution is -2.50. The molecule has 3 aliphatic rings. The topological polar surface area (TPSA) is 84.9 Å². The minimum atomic E-state index is -3.55. The molecular weight excluding hydrogens is 404 g/mol. The van der Waals surface area contributed by atoms with Crippen molar-refractivity contribution in [2.75, 3.05) is 11.6 Å². The highest BCUT2D eigenvalue weighted by molar-refractivity contribution is 7.88. The Morgan fingerprint density at radius 3 is 2.50 bits per heavy atom. The molecule has 1 atom stereocenters. The summed E-state index contributed by atoms with van der Waals surface area (Å²) in [5.41, 5.74) is 2.48. The fraction of sp³-hybridized carbons (Fsp3) is 0.409. The smallest absolute Gasteiger partial charge is 0.251 e. The van der Waals surface area contributed by atoms with Crippen LogP contribution in [0.1, 0.15) is 36.8 Å². The largest absolute Gasteiger partial charge is 0.448 e. The zero-order valence-electron chi connectivity index (χ0n) is 16.8. The Hall–Kier alpha value is -2.58. The summed E-state index contributed by atoms with van der Waals surface area (Å²) in [6.07, 6.45) is 5.33. The fourth-order valence-corrected chi connectivity index (χ4v) is 5.59. The number of benzene rings is 2. The third kappa shape index (κ3) is 3.44. The Morgan fingerprint density at radius 2 is 1.77 bits per heavy atom. The molecule has 1 spiro atoms. The minimum absolute atomic E-state index is 0.191. The number of nitrogens with zero attached hydrogens (tertiary/aromatic N) is 1. The first-order valence-electron chi connectivity index (χ1n) is 10.2. The second kappa shape index (κ2) is 6.99. The number of hydrogen-bond acceptors (Lipinski definition) is 5.